The van der Waals surface area contributed by atoms with Crippen molar-refractivity contribution in [3.8, 4) is 22.8 Å². The van der Waals surface area contributed by atoms with Gasteiger partial charge in [-0.2, -0.15) is 0 Å². The fourth-order valence-corrected chi connectivity index (χ4v) is 3.18. The van der Waals surface area contributed by atoms with Gasteiger partial charge in [-0.25, -0.2) is 4.79 Å². The van der Waals surface area contributed by atoms with Crippen molar-refractivity contribution in [1.82, 2.24) is 5.16 Å². The first-order valence-electron chi connectivity index (χ1n) is 8.54. The number of anilines is 1. The smallest absolute Gasteiger partial charge is 0.345 e. The van der Waals surface area contributed by atoms with Crippen molar-refractivity contribution in [3.05, 3.63) is 58.1 Å². The van der Waals surface area contributed by atoms with Crippen molar-refractivity contribution in [2.24, 2.45) is 0 Å². The van der Waals surface area contributed by atoms with Gasteiger partial charge in [0.25, 0.3) is 5.91 Å². The van der Waals surface area contributed by atoms with Crippen LogP contribution in [0.5, 0.6) is 11.5 Å². The van der Waals surface area contributed by atoms with Crippen molar-refractivity contribution in [2.45, 2.75) is 0 Å². The zero-order valence-electron chi connectivity index (χ0n) is 15.9. The molecule has 3 rings (SSSR count). The number of benzene rings is 2. The fourth-order valence-electron chi connectivity index (χ4n) is 2.61. The third-order valence-corrected chi connectivity index (χ3v) is 4.59. The zero-order valence-corrected chi connectivity index (χ0v) is 17.4. The third kappa shape index (κ3) is 4.50. The number of nitrogens with one attached hydrogen (secondary N) is 1. The molecular weight excluding hydrogens is 435 g/mol. The second kappa shape index (κ2) is 9.51. The summed E-state index contributed by atoms with van der Waals surface area (Å²) in [4.78, 5) is 24.7. The van der Waals surface area contributed by atoms with Crippen molar-refractivity contribution in [2.75, 3.05) is 26.1 Å². The number of methoxy groups -OCH3 is 2. The third-order valence-electron chi connectivity index (χ3n) is 3.96. The van der Waals surface area contributed by atoms with Gasteiger partial charge in [0.2, 0.25) is 5.88 Å². The van der Waals surface area contributed by atoms with Gasteiger partial charge in [0.1, 0.15) is 5.69 Å². The van der Waals surface area contributed by atoms with E-state index in [1.165, 1.54) is 14.2 Å². The molecule has 0 radical (unpaired) electrons. The van der Waals surface area contributed by atoms with Gasteiger partial charge in [0.15, 0.2) is 23.7 Å². The van der Waals surface area contributed by atoms with Crippen LogP contribution in [0.4, 0.5) is 5.88 Å². The standard InChI is InChI=1S/C20H16Cl2N2O6/c1-27-13-8-3-4-9-14(13)29-10-15(25)23-19-17(20(26)28-2)18(24-30-19)16-11(21)6-5-7-12(16)22/h3-9H,10H2,1-2H3,(H,23,25). The number of rotatable bonds is 7. The number of carbonyl (C=O) groups excluding carboxylic acids is 2. The molecule has 1 amide bonds. The Kier molecular flexibility index (Phi) is 6.81. The molecule has 0 unspecified atom stereocenters. The molecule has 8 nitrogen and oxygen atoms in total. The number of halogens is 2. The highest BCUT2D eigenvalue weighted by molar-refractivity contribution is 6.39. The molecule has 0 bridgehead atoms. The molecule has 0 fully saturated rings. The van der Waals surface area contributed by atoms with Gasteiger partial charge >= 0.3 is 5.97 Å². The largest absolute Gasteiger partial charge is 0.493 e. The number of esters is 1. The van der Waals surface area contributed by atoms with Crippen LogP contribution in [0.3, 0.4) is 0 Å². The first kappa shape index (κ1) is 21.5. The zero-order chi connectivity index (χ0) is 21.7. The minimum atomic E-state index is -0.789. The number of hydrogen-bond donors (Lipinski definition) is 1. The quantitative estimate of drug-likeness (QED) is 0.530. The lowest BCUT2D eigenvalue weighted by Gasteiger charge is -2.10. The van der Waals surface area contributed by atoms with Gasteiger partial charge in [-0.3, -0.25) is 10.1 Å². The molecule has 1 N–H and O–H groups in total. The maximum atomic E-state index is 12.4. The molecular formula is C20H16Cl2N2O6. The number of aromatic nitrogens is 1. The van der Waals surface area contributed by atoms with E-state index in [1.54, 1.807) is 42.5 Å². The number of nitrogens with zero attached hydrogens (tertiary/aromatic N) is 1. The monoisotopic (exact) mass is 450 g/mol. The number of ether oxygens (including phenoxy) is 3. The Morgan fingerprint density at radius 3 is 2.33 bits per heavy atom. The molecule has 0 aliphatic heterocycles. The summed E-state index contributed by atoms with van der Waals surface area (Å²) < 4.78 is 20.6. The fraction of sp³-hybridized carbons (Fsp3) is 0.150. The highest BCUT2D eigenvalue weighted by Crippen LogP contribution is 2.38. The van der Waals surface area contributed by atoms with Gasteiger partial charge in [0.05, 0.1) is 24.3 Å². The van der Waals surface area contributed by atoms with E-state index in [-0.39, 0.29) is 39.4 Å². The van der Waals surface area contributed by atoms with Crippen LogP contribution < -0.4 is 14.8 Å². The molecule has 30 heavy (non-hydrogen) atoms. The first-order valence-corrected chi connectivity index (χ1v) is 9.29. The van der Waals surface area contributed by atoms with Crippen LogP contribution in [-0.4, -0.2) is 37.9 Å². The molecule has 0 saturated carbocycles. The Bertz CT molecular complexity index is 1060. The summed E-state index contributed by atoms with van der Waals surface area (Å²) in [6.45, 7) is -0.371. The molecule has 0 aliphatic rings. The Hall–Kier alpha value is -3.23. The molecule has 1 aromatic heterocycles. The van der Waals surface area contributed by atoms with Crippen LogP contribution in [0, 0.1) is 0 Å². The van der Waals surface area contributed by atoms with Crippen molar-refractivity contribution in [1.29, 1.82) is 0 Å². The summed E-state index contributed by atoms with van der Waals surface area (Å²) in [5, 5.41) is 6.79. The summed E-state index contributed by atoms with van der Waals surface area (Å²) >= 11 is 12.4. The second-order valence-corrected chi connectivity index (χ2v) is 6.63. The SMILES string of the molecule is COC(=O)c1c(-c2c(Cl)cccc2Cl)noc1NC(=O)COc1ccccc1OC. The maximum absolute atomic E-state index is 12.4. The molecule has 0 spiro atoms. The van der Waals surface area contributed by atoms with Crippen LogP contribution in [0.2, 0.25) is 10.0 Å². The van der Waals surface area contributed by atoms with Crippen LogP contribution in [0.25, 0.3) is 11.3 Å². The maximum Gasteiger partial charge on any atom is 0.345 e. The molecule has 10 heteroatoms. The van der Waals surface area contributed by atoms with Crippen LogP contribution >= 0.6 is 23.2 Å². The van der Waals surface area contributed by atoms with Gasteiger partial charge in [-0.15, -0.1) is 0 Å². The highest BCUT2D eigenvalue weighted by Gasteiger charge is 2.28. The van der Waals surface area contributed by atoms with Crippen molar-refractivity contribution < 1.29 is 28.3 Å². The summed E-state index contributed by atoms with van der Waals surface area (Å²) in [7, 11) is 2.67. The molecule has 0 atom stereocenters. The van der Waals surface area contributed by atoms with E-state index < -0.39 is 11.9 Å². The van der Waals surface area contributed by atoms with E-state index in [0.29, 0.717) is 11.5 Å². The second-order valence-electron chi connectivity index (χ2n) is 5.81. The predicted octanol–water partition coefficient (Wildman–Crippen LogP) is 4.46. The number of hydrogen-bond acceptors (Lipinski definition) is 7. The molecule has 2 aromatic carbocycles. The van der Waals surface area contributed by atoms with Crippen molar-refractivity contribution >= 4 is 41.0 Å². The van der Waals surface area contributed by atoms with Crippen LogP contribution in [0.15, 0.2) is 47.0 Å². The summed E-state index contributed by atoms with van der Waals surface area (Å²) in [6, 6.07) is 11.7. The van der Waals surface area contributed by atoms with Crippen LogP contribution in [0.1, 0.15) is 10.4 Å². The lowest BCUT2D eigenvalue weighted by atomic mass is 10.1. The Balaban J connectivity index is 1.85. The number of amides is 1. The summed E-state index contributed by atoms with van der Waals surface area (Å²) in [6.07, 6.45) is 0. The van der Waals surface area contributed by atoms with E-state index >= 15 is 0 Å². The number of para-hydroxylation sites is 2. The van der Waals surface area contributed by atoms with E-state index in [9.17, 15) is 9.59 Å². The predicted molar refractivity (Wildman–Crippen MR) is 110 cm³/mol. The molecule has 156 valence electrons. The summed E-state index contributed by atoms with van der Waals surface area (Å²) in [5.74, 6) is -0.760. The minimum absolute atomic E-state index is 0.0402. The molecule has 1 heterocycles. The van der Waals surface area contributed by atoms with Gasteiger partial charge < -0.3 is 18.7 Å². The Labute approximate surface area is 181 Å². The van der Waals surface area contributed by atoms with Crippen molar-refractivity contribution in [3.63, 3.8) is 0 Å². The van der Waals surface area contributed by atoms with E-state index in [2.05, 4.69) is 10.5 Å². The van der Waals surface area contributed by atoms with Gasteiger partial charge in [-0.1, -0.05) is 46.6 Å². The average molecular weight is 451 g/mol. The van der Waals surface area contributed by atoms with Crippen LogP contribution in [-0.2, 0) is 9.53 Å². The van der Waals surface area contributed by atoms with E-state index in [0.717, 1.165) is 0 Å². The highest BCUT2D eigenvalue weighted by atomic mass is 35.5. The van der Waals surface area contributed by atoms with E-state index in [4.69, 9.17) is 41.9 Å². The Morgan fingerprint density at radius 1 is 1.03 bits per heavy atom. The first-order chi connectivity index (χ1) is 14.5. The minimum Gasteiger partial charge on any atom is -0.493 e. The number of carbonyl (C=O) groups is 2. The molecule has 0 saturated heterocycles. The lowest BCUT2D eigenvalue weighted by Crippen LogP contribution is -2.21. The normalized spacial score (nSPS) is 10.4. The molecule has 0 aliphatic carbocycles. The lowest BCUT2D eigenvalue weighted by molar-refractivity contribution is -0.118. The summed E-state index contributed by atoms with van der Waals surface area (Å²) in [5.41, 5.74) is 0.187. The molecule has 3 aromatic rings. The van der Waals surface area contributed by atoms with Gasteiger partial charge in [0, 0.05) is 5.56 Å². The Morgan fingerprint density at radius 2 is 1.70 bits per heavy atom. The topological polar surface area (TPSA) is 99.9 Å². The van der Waals surface area contributed by atoms with E-state index in [1.807, 2.05) is 0 Å². The average Bonchev–Trinajstić information content (AvgIpc) is 3.14. The van der Waals surface area contributed by atoms with Gasteiger partial charge in [-0.05, 0) is 24.3 Å².